The number of nitro benzene ring substituents is 1. The molecule has 1 N–H and O–H groups in total. The third-order valence-corrected chi connectivity index (χ3v) is 3.91. The zero-order valence-corrected chi connectivity index (χ0v) is 16.6. The number of carbonyl (C=O) groups is 1. The lowest BCUT2D eigenvalue weighted by atomic mass is 10.1. The summed E-state index contributed by atoms with van der Waals surface area (Å²) in [4.78, 5) is 23.3. The third-order valence-electron chi connectivity index (χ3n) is 3.91. The molecule has 156 valence electrons. The number of aryl methyl sites for hydroxylation is 1. The number of ether oxygens (including phenoxy) is 4. The van der Waals surface area contributed by atoms with Crippen LogP contribution in [-0.4, -0.2) is 51.4 Å². The van der Waals surface area contributed by atoms with E-state index in [0.29, 0.717) is 12.4 Å². The molecule has 0 aromatic heterocycles. The summed E-state index contributed by atoms with van der Waals surface area (Å²) in [7, 11) is 2.90. The van der Waals surface area contributed by atoms with Gasteiger partial charge in [-0.15, -0.1) is 0 Å². The van der Waals surface area contributed by atoms with Crippen LogP contribution in [0.15, 0.2) is 36.4 Å². The molecule has 2 aromatic rings. The summed E-state index contributed by atoms with van der Waals surface area (Å²) >= 11 is 0. The van der Waals surface area contributed by atoms with Crippen LogP contribution in [0.5, 0.6) is 17.2 Å². The Kier molecular flexibility index (Phi) is 8.23. The highest BCUT2D eigenvalue weighted by Gasteiger charge is 2.24. The summed E-state index contributed by atoms with van der Waals surface area (Å²) in [6.45, 7) is 2.84. The molecule has 1 amide bonds. The lowest BCUT2D eigenvalue weighted by Crippen LogP contribution is -2.28. The number of amides is 1. The zero-order valence-electron chi connectivity index (χ0n) is 16.6. The average Bonchev–Trinajstić information content (AvgIpc) is 2.70. The molecule has 0 atom stereocenters. The van der Waals surface area contributed by atoms with Gasteiger partial charge in [-0.3, -0.25) is 14.9 Å². The molecule has 9 heteroatoms. The molecule has 0 radical (unpaired) electrons. The number of nitrogens with one attached hydrogen (secondary N) is 1. The molecule has 0 aliphatic heterocycles. The summed E-state index contributed by atoms with van der Waals surface area (Å²) in [6, 6.07) is 9.97. The molecular weight excluding hydrogens is 380 g/mol. The lowest BCUT2D eigenvalue weighted by molar-refractivity contribution is -0.385. The predicted molar refractivity (Wildman–Crippen MR) is 106 cm³/mol. The van der Waals surface area contributed by atoms with Gasteiger partial charge in [-0.05, 0) is 24.6 Å². The van der Waals surface area contributed by atoms with Crippen LogP contribution in [0.25, 0.3) is 0 Å². The van der Waals surface area contributed by atoms with E-state index >= 15 is 0 Å². The smallest absolute Gasteiger partial charge is 0.286 e. The SMILES string of the molecule is COCCOc1cc([N+](=O)[O-])c(C(=O)NCCOc2cccc(C)c2)cc1OC. The van der Waals surface area contributed by atoms with Crippen LogP contribution in [0, 0.1) is 17.0 Å². The third kappa shape index (κ3) is 6.35. The largest absolute Gasteiger partial charge is 0.493 e. The maximum atomic E-state index is 12.5. The van der Waals surface area contributed by atoms with E-state index in [1.54, 1.807) is 0 Å². The van der Waals surface area contributed by atoms with E-state index < -0.39 is 10.8 Å². The van der Waals surface area contributed by atoms with Gasteiger partial charge in [0, 0.05) is 13.2 Å². The molecule has 0 aliphatic rings. The van der Waals surface area contributed by atoms with Crippen LogP contribution >= 0.6 is 0 Å². The number of rotatable bonds is 11. The molecule has 9 nitrogen and oxygen atoms in total. The van der Waals surface area contributed by atoms with E-state index in [4.69, 9.17) is 18.9 Å². The summed E-state index contributed by atoms with van der Waals surface area (Å²) in [6.07, 6.45) is 0. The fourth-order valence-electron chi connectivity index (χ4n) is 2.52. The molecule has 29 heavy (non-hydrogen) atoms. The summed E-state index contributed by atoms with van der Waals surface area (Å²) in [5.74, 6) is 0.458. The Morgan fingerprint density at radius 1 is 1.07 bits per heavy atom. The van der Waals surface area contributed by atoms with Crippen LogP contribution in [0.4, 0.5) is 5.69 Å². The van der Waals surface area contributed by atoms with E-state index in [-0.39, 0.29) is 42.5 Å². The van der Waals surface area contributed by atoms with Crippen molar-refractivity contribution in [2.24, 2.45) is 0 Å². The first-order valence-corrected chi connectivity index (χ1v) is 8.92. The Labute approximate surface area is 168 Å². The maximum absolute atomic E-state index is 12.5. The molecule has 0 saturated carbocycles. The molecule has 0 saturated heterocycles. The second kappa shape index (κ2) is 10.9. The number of carbonyl (C=O) groups excluding carboxylic acids is 1. The number of hydrogen-bond donors (Lipinski definition) is 1. The van der Waals surface area contributed by atoms with Gasteiger partial charge >= 0.3 is 0 Å². The van der Waals surface area contributed by atoms with Gasteiger partial charge in [0.15, 0.2) is 11.5 Å². The van der Waals surface area contributed by atoms with E-state index in [2.05, 4.69) is 5.32 Å². The minimum Gasteiger partial charge on any atom is -0.493 e. The molecule has 0 fully saturated rings. The monoisotopic (exact) mass is 404 g/mol. The van der Waals surface area contributed by atoms with Crippen LogP contribution in [-0.2, 0) is 4.74 Å². The van der Waals surface area contributed by atoms with Crippen molar-refractivity contribution < 1.29 is 28.7 Å². The number of methoxy groups -OCH3 is 2. The van der Waals surface area contributed by atoms with Crippen molar-refractivity contribution in [1.82, 2.24) is 5.32 Å². The van der Waals surface area contributed by atoms with Crippen molar-refractivity contribution in [1.29, 1.82) is 0 Å². The Hall–Kier alpha value is -3.33. The van der Waals surface area contributed by atoms with Crippen molar-refractivity contribution in [3.8, 4) is 17.2 Å². The zero-order chi connectivity index (χ0) is 21.2. The van der Waals surface area contributed by atoms with Crippen LogP contribution in [0.1, 0.15) is 15.9 Å². The normalized spacial score (nSPS) is 10.3. The van der Waals surface area contributed by atoms with Gasteiger partial charge in [-0.25, -0.2) is 0 Å². The van der Waals surface area contributed by atoms with Crippen molar-refractivity contribution in [2.75, 3.05) is 40.6 Å². The maximum Gasteiger partial charge on any atom is 0.286 e. The summed E-state index contributed by atoms with van der Waals surface area (Å²) in [5, 5.41) is 14.1. The molecule has 0 bridgehead atoms. The second-order valence-electron chi connectivity index (χ2n) is 6.04. The van der Waals surface area contributed by atoms with E-state index in [0.717, 1.165) is 5.56 Å². The highest BCUT2D eigenvalue weighted by Crippen LogP contribution is 2.34. The first kappa shape index (κ1) is 22.0. The predicted octanol–water partition coefficient (Wildman–Crippen LogP) is 2.75. The first-order valence-electron chi connectivity index (χ1n) is 8.92. The minimum absolute atomic E-state index is 0.124. The van der Waals surface area contributed by atoms with Gasteiger partial charge in [0.05, 0.1) is 31.3 Å². The lowest BCUT2D eigenvalue weighted by Gasteiger charge is -2.13. The fraction of sp³-hybridized carbons (Fsp3) is 0.350. The van der Waals surface area contributed by atoms with Gasteiger partial charge in [-0.2, -0.15) is 0 Å². The van der Waals surface area contributed by atoms with Crippen molar-refractivity contribution in [3.05, 3.63) is 57.6 Å². The van der Waals surface area contributed by atoms with Gasteiger partial charge in [0.1, 0.15) is 24.5 Å². The molecule has 0 heterocycles. The molecule has 2 rings (SSSR count). The van der Waals surface area contributed by atoms with Gasteiger partial charge in [-0.1, -0.05) is 12.1 Å². The minimum atomic E-state index is -0.638. The summed E-state index contributed by atoms with van der Waals surface area (Å²) in [5.41, 5.74) is 0.555. The van der Waals surface area contributed by atoms with Gasteiger partial charge < -0.3 is 24.3 Å². The van der Waals surface area contributed by atoms with E-state index in [1.807, 2.05) is 31.2 Å². The number of hydrogen-bond acceptors (Lipinski definition) is 7. The Bertz CT molecular complexity index is 855. The Morgan fingerprint density at radius 2 is 1.86 bits per heavy atom. The van der Waals surface area contributed by atoms with Gasteiger partial charge in [0.25, 0.3) is 11.6 Å². The highest BCUT2D eigenvalue weighted by molar-refractivity contribution is 5.99. The van der Waals surface area contributed by atoms with Crippen LogP contribution < -0.4 is 19.5 Å². The second-order valence-corrected chi connectivity index (χ2v) is 6.04. The van der Waals surface area contributed by atoms with E-state index in [1.165, 1.54) is 26.4 Å². The summed E-state index contributed by atoms with van der Waals surface area (Å²) < 4.78 is 21.1. The Balaban J connectivity index is 2.06. The molecule has 2 aromatic carbocycles. The quantitative estimate of drug-likeness (QED) is 0.348. The fourth-order valence-corrected chi connectivity index (χ4v) is 2.52. The number of benzene rings is 2. The average molecular weight is 404 g/mol. The van der Waals surface area contributed by atoms with Crippen LogP contribution in [0.3, 0.4) is 0 Å². The van der Waals surface area contributed by atoms with Crippen LogP contribution in [0.2, 0.25) is 0 Å². The number of nitrogens with zero attached hydrogens (tertiary/aromatic N) is 1. The molecule has 0 unspecified atom stereocenters. The topological polar surface area (TPSA) is 109 Å². The van der Waals surface area contributed by atoms with E-state index in [9.17, 15) is 14.9 Å². The van der Waals surface area contributed by atoms with Crippen molar-refractivity contribution in [3.63, 3.8) is 0 Å². The van der Waals surface area contributed by atoms with Crippen molar-refractivity contribution >= 4 is 11.6 Å². The molecule has 0 aliphatic carbocycles. The molecule has 0 spiro atoms. The first-order chi connectivity index (χ1) is 14.0. The van der Waals surface area contributed by atoms with Gasteiger partial charge in [0.2, 0.25) is 0 Å². The Morgan fingerprint density at radius 3 is 2.52 bits per heavy atom. The highest BCUT2D eigenvalue weighted by atomic mass is 16.6. The van der Waals surface area contributed by atoms with Crippen molar-refractivity contribution in [2.45, 2.75) is 6.92 Å². The molecular formula is C20H24N2O7. The number of nitro groups is 1. The standard InChI is InChI=1S/C20H24N2O7/c1-14-5-4-6-15(11-14)28-8-7-21-20(23)16-12-18(27-3)19(29-10-9-26-2)13-17(16)22(24)25/h4-6,11-13H,7-10H2,1-3H3,(H,21,23).